The fourth-order valence-corrected chi connectivity index (χ4v) is 4.38. The monoisotopic (exact) mass is 413 g/mol. The summed E-state index contributed by atoms with van der Waals surface area (Å²) in [7, 11) is 1.68. The van der Waals surface area contributed by atoms with Crippen molar-refractivity contribution in [1.29, 1.82) is 0 Å². The summed E-state index contributed by atoms with van der Waals surface area (Å²) in [6.45, 7) is 6.78. The van der Waals surface area contributed by atoms with Crippen molar-refractivity contribution >= 4 is 11.8 Å². The molecule has 0 spiro atoms. The molecule has 1 aromatic carbocycles. The number of carbonyl (C=O) groups is 2. The lowest BCUT2D eigenvalue weighted by Gasteiger charge is -2.35. The first-order valence-corrected chi connectivity index (χ1v) is 11.1. The van der Waals surface area contributed by atoms with Crippen molar-refractivity contribution in [2.24, 2.45) is 0 Å². The van der Waals surface area contributed by atoms with Gasteiger partial charge < -0.3 is 15.4 Å². The van der Waals surface area contributed by atoms with Crippen LogP contribution < -0.4 is 15.4 Å². The number of piperazine rings is 1. The maximum atomic E-state index is 12.5. The SMILES string of the molecule is COc1ccc(CN2CCNC(=O)C2CC(=O)NCCC2=CCCCC2)c(C)c1C. The van der Waals surface area contributed by atoms with Crippen LogP contribution in [0.3, 0.4) is 0 Å². The Hall–Kier alpha value is -2.34. The number of methoxy groups -OCH3 is 1. The third-order valence-electron chi connectivity index (χ3n) is 6.42. The molecule has 2 N–H and O–H groups in total. The minimum absolute atomic E-state index is 0.0545. The lowest BCUT2D eigenvalue weighted by molar-refractivity contribution is -0.134. The highest BCUT2D eigenvalue weighted by atomic mass is 16.5. The normalized spacial score (nSPS) is 19.8. The first kappa shape index (κ1) is 22.3. The van der Waals surface area contributed by atoms with Gasteiger partial charge >= 0.3 is 0 Å². The van der Waals surface area contributed by atoms with Crippen LogP contribution >= 0.6 is 0 Å². The van der Waals surface area contributed by atoms with Gasteiger partial charge in [0, 0.05) is 26.2 Å². The zero-order chi connectivity index (χ0) is 21.5. The molecule has 6 nitrogen and oxygen atoms in total. The Balaban J connectivity index is 1.59. The van der Waals surface area contributed by atoms with Crippen molar-refractivity contribution in [3.8, 4) is 5.75 Å². The van der Waals surface area contributed by atoms with Crippen LogP contribution in [0.1, 0.15) is 55.2 Å². The minimum Gasteiger partial charge on any atom is -0.496 e. The van der Waals surface area contributed by atoms with Crippen LogP contribution in [0.4, 0.5) is 0 Å². The smallest absolute Gasteiger partial charge is 0.237 e. The number of hydrogen-bond acceptors (Lipinski definition) is 4. The number of ether oxygens (including phenoxy) is 1. The van der Waals surface area contributed by atoms with Crippen LogP contribution in [-0.4, -0.2) is 49.5 Å². The van der Waals surface area contributed by atoms with E-state index in [1.165, 1.54) is 24.0 Å². The number of allylic oxidation sites excluding steroid dienone is 1. The molecule has 1 aromatic rings. The Morgan fingerprint density at radius 1 is 1.27 bits per heavy atom. The largest absolute Gasteiger partial charge is 0.496 e. The molecule has 0 bridgehead atoms. The summed E-state index contributed by atoms with van der Waals surface area (Å²) in [4.78, 5) is 27.2. The van der Waals surface area contributed by atoms with E-state index in [0.717, 1.165) is 42.7 Å². The number of carbonyl (C=O) groups excluding carboxylic acids is 2. The predicted octanol–water partition coefficient (Wildman–Crippen LogP) is 3.01. The summed E-state index contributed by atoms with van der Waals surface area (Å²) in [5.74, 6) is 0.756. The van der Waals surface area contributed by atoms with Crippen molar-refractivity contribution in [2.45, 2.75) is 65.0 Å². The van der Waals surface area contributed by atoms with Gasteiger partial charge in [0.25, 0.3) is 0 Å². The summed E-state index contributed by atoms with van der Waals surface area (Å²) in [6.07, 6.45) is 8.25. The Labute approximate surface area is 180 Å². The van der Waals surface area contributed by atoms with Crippen molar-refractivity contribution < 1.29 is 14.3 Å². The van der Waals surface area contributed by atoms with Gasteiger partial charge in [0.1, 0.15) is 5.75 Å². The van der Waals surface area contributed by atoms with Gasteiger partial charge in [0.05, 0.1) is 19.6 Å². The number of nitrogens with one attached hydrogen (secondary N) is 2. The van der Waals surface area contributed by atoms with Gasteiger partial charge in [-0.15, -0.1) is 0 Å². The molecule has 2 aliphatic rings. The van der Waals surface area contributed by atoms with E-state index in [2.05, 4.69) is 34.6 Å². The first-order valence-electron chi connectivity index (χ1n) is 11.1. The number of hydrogen-bond donors (Lipinski definition) is 2. The highest BCUT2D eigenvalue weighted by molar-refractivity contribution is 5.88. The Morgan fingerprint density at radius 3 is 2.83 bits per heavy atom. The van der Waals surface area contributed by atoms with E-state index in [4.69, 9.17) is 4.74 Å². The summed E-state index contributed by atoms with van der Waals surface area (Å²) in [5.41, 5.74) is 4.90. The first-order chi connectivity index (χ1) is 14.5. The average Bonchev–Trinajstić information content (AvgIpc) is 2.75. The number of rotatable bonds is 8. The Bertz CT molecular complexity index is 803. The van der Waals surface area contributed by atoms with Crippen LogP contribution in [0.5, 0.6) is 5.75 Å². The lowest BCUT2D eigenvalue weighted by atomic mass is 9.97. The van der Waals surface area contributed by atoms with Crippen LogP contribution in [0.25, 0.3) is 0 Å². The van der Waals surface area contributed by atoms with Gasteiger partial charge in [-0.25, -0.2) is 0 Å². The summed E-state index contributed by atoms with van der Waals surface area (Å²) in [6, 6.07) is 3.60. The van der Waals surface area contributed by atoms with Crippen molar-refractivity contribution in [1.82, 2.24) is 15.5 Å². The van der Waals surface area contributed by atoms with Gasteiger partial charge in [-0.1, -0.05) is 17.7 Å². The molecule has 1 fully saturated rings. The van der Waals surface area contributed by atoms with Crippen molar-refractivity contribution in [2.75, 3.05) is 26.7 Å². The van der Waals surface area contributed by atoms with E-state index in [0.29, 0.717) is 19.6 Å². The van der Waals surface area contributed by atoms with Gasteiger partial charge in [-0.2, -0.15) is 0 Å². The van der Waals surface area contributed by atoms with Crippen LogP contribution in [-0.2, 0) is 16.1 Å². The van der Waals surface area contributed by atoms with E-state index in [1.54, 1.807) is 7.11 Å². The topological polar surface area (TPSA) is 70.7 Å². The summed E-state index contributed by atoms with van der Waals surface area (Å²) >= 11 is 0. The standard InChI is InChI=1S/C24H35N3O3/c1-17-18(2)22(30-3)10-9-20(17)16-27-14-13-26-24(29)21(27)15-23(28)25-12-11-19-7-5-4-6-8-19/h7,9-10,21H,4-6,8,11-16H2,1-3H3,(H,25,28)(H,26,29). The summed E-state index contributed by atoms with van der Waals surface area (Å²) < 4.78 is 5.41. The Morgan fingerprint density at radius 2 is 2.10 bits per heavy atom. The van der Waals surface area contributed by atoms with Gasteiger partial charge in [-0.3, -0.25) is 14.5 Å². The van der Waals surface area contributed by atoms with Gasteiger partial charge in [-0.05, 0) is 68.7 Å². The van der Waals surface area contributed by atoms with Gasteiger partial charge in [0.2, 0.25) is 11.8 Å². The predicted molar refractivity (Wildman–Crippen MR) is 118 cm³/mol. The van der Waals surface area contributed by atoms with Crippen LogP contribution in [0.15, 0.2) is 23.8 Å². The number of amides is 2. The number of benzene rings is 1. The van der Waals surface area contributed by atoms with Crippen molar-refractivity contribution in [3.63, 3.8) is 0 Å². The molecule has 1 atom stereocenters. The fraction of sp³-hybridized carbons (Fsp3) is 0.583. The molecule has 30 heavy (non-hydrogen) atoms. The molecule has 0 radical (unpaired) electrons. The molecule has 3 rings (SSSR count). The molecule has 1 heterocycles. The molecule has 0 saturated carbocycles. The minimum atomic E-state index is -0.436. The molecule has 0 aromatic heterocycles. The molecule has 1 aliphatic heterocycles. The molecule has 1 saturated heterocycles. The highest BCUT2D eigenvalue weighted by Gasteiger charge is 2.31. The average molecular weight is 414 g/mol. The molecular formula is C24H35N3O3. The molecule has 164 valence electrons. The maximum Gasteiger partial charge on any atom is 0.237 e. The van der Waals surface area contributed by atoms with E-state index in [-0.39, 0.29) is 18.2 Å². The molecule has 1 unspecified atom stereocenters. The van der Waals surface area contributed by atoms with E-state index >= 15 is 0 Å². The second-order valence-corrected chi connectivity index (χ2v) is 8.37. The van der Waals surface area contributed by atoms with Crippen molar-refractivity contribution in [3.05, 3.63) is 40.5 Å². The molecule has 6 heteroatoms. The number of nitrogens with zero attached hydrogens (tertiary/aromatic N) is 1. The zero-order valence-electron chi connectivity index (χ0n) is 18.6. The Kier molecular flexibility index (Phi) is 7.91. The lowest BCUT2D eigenvalue weighted by Crippen LogP contribution is -2.56. The molecular weight excluding hydrogens is 378 g/mol. The van der Waals surface area contributed by atoms with E-state index in [9.17, 15) is 9.59 Å². The maximum absolute atomic E-state index is 12.5. The van der Waals surface area contributed by atoms with E-state index in [1.807, 2.05) is 13.0 Å². The van der Waals surface area contributed by atoms with Crippen LogP contribution in [0.2, 0.25) is 0 Å². The fourth-order valence-electron chi connectivity index (χ4n) is 4.38. The molecule has 2 amide bonds. The highest BCUT2D eigenvalue weighted by Crippen LogP contribution is 2.26. The van der Waals surface area contributed by atoms with E-state index < -0.39 is 6.04 Å². The second-order valence-electron chi connectivity index (χ2n) is 8.37. The molecule has 1 aliphatic carbocycles. The second kappa shape index (κ2) is 10.6. The van der Waals surface area contributed by atoms with Gasteiger partial charge in [0.15, 0.2) is 0 Å². The zero-order valence-corrected chi connectivity index (χ0v) is 18.6. The third-order valence-corrected chi connectivity index (χ3v) is 6.42. The van der Waals surface area contributed by atoms with Crippen LogP contribution in [0, 0.1) is 13.8 Å². The third kappa shape index (κ3) is 5.63. The summed E-state index contributed by atoms with van der Waals surface area (Å²) in [5, 5.41) is 5.93. The quantitative estimate of drug-likeness (QED) is 0.643.